The van der Waals surface area contributed by atoms with Crippen molar-refractivity contribution in [3.63, 3.8) is 0 Å². The van der Waals surface area contributed by atoms with E-state index in [1.54, 1.807) is 12.1 Å². The molecule has 2 aromatic rings. The Balaban J connectivity index is 2.48. The first-order valence-corrected chi connectivity index (χ1v) is 6.10. The standard InChI is InChI=1S/C14H12ClN3O2/c15-18-14(16)17-12-8-10(6-7-11(12)13(19)20)9-4-2-1-3-5-9/h1-8H,(H,19,20)(H3,16,17,18). The number of carboxylic acid groups (broad SMARTS) is 1. The Kier molecular flexibility index (Phi) is 4.22. The lowest BCUT2D eigenvalue weighted by Gasteiger charge is -2.10. The second-order valence-electron chi connectivity index (χ2n) is 4.03. The molecule has 2 aromatic carbocycles. The van der Waals surface area contributed by atoms with E-state index in [1.807, 2.05) is 30.3 Å². The van der Waals surface area contributed by atoms with Gasteiger partial charge in [0.15, 0.2) is 0 Å². The van der Waals surface area contributed by atoms with E-state index in [2.05, 4.69) is 9.83 Å². The summed E-state index contributed by atoms with van der Waals surface area (Å²) in [7, 11) is 0. The van der Waals surface area contributed by atoms with E-state index < -0.39 is 5.97 Å². The van der Waals surface area contributed by atoms with Crippen molar-refractivity contribution in [2.75, 3.05) is 5.32 Å². The Hall–Kier alpha value is -2.53. The molecule has 6 heteroatoms. The van der Waals surface area contributed by atoms with Gasteiger partial charge in [0.2, 0.25) is 5.96 Å². The van der Waals surface area contributed by atoms with Gasteiger partial charge < -0.3 is 16.2 Å². The Morgan fingerprint density at radius 2 is 1.85 bits per heavy atom. The molecule has 0 saturated carbocycles. The fourth-order valence-electron chi connectivity index (χ4n) is 1.80. The highest BCUT2D eigenvalue weighted by molar-refractivity contribution is 6.21. The Morgan fingerprint density at radius 3 is 2.45 bits per heavy atom. The number of carboxylic acids is 1. The minimum atomic E-state index is -1.06. The summed E-state index contributed by atoms with van der Waals surface area (Å²) in [6, 6.07) is 14.5. The molecule has 20 heavy (non-hydrogen) atoms. The van der Waals surface area contributed by atoms with E-state index >= 15 is 0 Å². The number of hydrogen-bond acceptors (Lipinski definition) is 2. The second kappa shape index (κ2) is 6.08. The molecule has 0 aliphatic heterocycles. The van der Waals surface area contributed by atoms with Crippen LogP contribution in [0.25, 0.3) is 11.1 Å². The summed E-state index contributed by atoms with van der Waals surface area (Å²) >= 11 is 5.24. The predicted molar refractivity (Wildman–Crippen MR) is 79.9 cm³/mol. The van der Waals surface area contributed by atoms with Crippen LogP contribution in [0, 0.1) is 0 Å². The monoisotopic (exact) mass is 289 g/mol. The zero-order valence-corrected chi connectivity index (χ0v) is 11.1. The van der Waals surface area contributed by atoms with Gasteiger partial charge in [0.25, 0.3) is 0 Å². The van der Waals surface area contributed by atoms with Crippen LogP contribution in [-0.4, -0.2) is 17.0 Å². The van der Waals surface area contributed by atoms with Crippen molar-refractivity contribution in [3.8, 4) is 11.1 Å². The lowest BCUT2D eigenvalue weighted by atomic mass is 10.0. The number of hydrogen-bond donors (Lipinski definition) is 3. The minimum Gasteiger partial charge on any atom is -0.478 e. The van der Waals surface area contributed by atoms with Crippen molar-refractivity contribution in [2.24, 2.45) is 10.2 Å². The molecule has 0 unspecified atom stereocenters. The van der Waals surface area contributed by atoms with Crippen LogP contribution in [-0.2, 0) is 0 Å². The van der Waals surface area contributed by atoms with Crippen LogP contribution in [0.15, 0.2) is 53.0 Å². The molecule has 0 aliphatic rings. The number of aromatic carboxylic acids is 1. The molecule has 5 nitrogen and oxygen atoms in total. The average Bonchev–Trinajstić information content (AvgIpc) is 2.47. The number of carbonyl (C=O) groups is 1. The van der Waals surface area contributed by atoms with E-state index in [9.17, 15) is 4.79 Å². The van der Waals surface area contributed by atoms with Crippen LogP contribution >= 0.6 is 11.8 Å². The van der Waals surface area contributed by atoms with Gasteiger partial charge >= 0.3 is 5.97 Å². The summed E-state index contributed by atoms with van der Waals surface area (Å²) in [6.07, 6.45) is 0. The van der Waals surface area contributed by atoms with Crippen molar-refractivity contribution >= 4 is 29.4 Å². The van der Waals surface area contributed by atoms with Gasteiger partial charge in [-0.2, -0.15) is 0 Å². The van der Waals surface area contributed by atoms with Crippen LogP contribution < -0.4 is 11.1 Å². The van der Waals surface area contributed by atoms with Gasteiger partial charge in [-0.3, -0.25) is 0 Å². The molecule has 0 atom stereocenters. The molecule has 0 amide bonds. The fraction of sp³-hybridized carbons (Fsp3) is 0. The summed E-state index contributed by atoms with van der Waals surface area (Å²) < 4.78 is 3.25. The quantitative estimate of drug-likeness (QED) is 0.599. The SMILES string of the molecule is NC(=NCl)Nc1cc(-c2ccccc2)ccc1C(=O)O. The van der Waals surface area contributed by atoms with E-state index in [0.717, 1.165) is 11.1 Å². The molecule has 0 aliphatic carbocycles. The van der Waals surface area contributed by atoms with Gasteiger partial charge in [0, 0.05) is 11.8 Å². The highest BCUT2D eigenvalue weighted by atomic mass is 35.5. The number of nitrogens with two attached hydrogens (primary N) is 1. The van der Waals surface area contributed by atoms with Crippen molar-refractivity contribution in [2.45, 2.75) is 0 Å². The van der Waals surface area contributed by atoms with Gasteiger partial charge in [-0.15, -0.1) is 4.51 Å². The summed E-state index contributed by atoms with van der Waals surface area (Å²) in [5.41, 5.74) is 7.73. The average molecular weight is 290 g/mol. The lowest BCUT2D eigenvalue weighted by molar-refractivity contribution is 0.0698. The predicted octanol–water partition coefficient (Wildman–Crippen LogP) is 2.93. The van der Waals surface area contributed by atoms with Crippen LogP contribution in [0.1, 0.15) is 10.4 Å². The first kappa shape index (κ1) is 13.9. The Bertz CT molecular complexity index is 657. The second-order valence-corrected chi connectivity index (χ2v) is 4.20. The number of guanidine groups is 1. The third kappa shape index (κ3) is 3.07. The number of benzene rings is 2. The minimum absolute atomic E-state index is 0.0700. The molecular formula is C14H12ClN3O2. The number of nitrogens with one attached hydrogen (secondary N) is 1. The van der Waals surface area contributed by atoms with E-state index in [0.29, 0.717) is 5.69 Å². The molecule has 0 spiro atoms. The van der Waals surface area contributed by atoms with Crippen LogP contribution in [0.2, 0.25) is 0 Å². The molecular weight excluding hydrogens is 278 g/mol. The molecule has 0 heterocycles. The third-order valence-electron chi connectivity index (χ3n) is 2.71. The van der Waals surface area contributed by atoms with Crippen molar-refractivity contribution < 1.29 is 9.90 Å². The normalized spacial score (nSPS) is 11.2. The van der Waals surface area contributed by atoms with E-state index in [1.165, 1.54) is 6.07 Å². The molecule has 0 fully saturated rings. The number of anilines is 1. The van der Waals surface area contributed by atoms with Crippen LogP contribution in [0.4, 0.5) is 5.69 Å². The fourth-order valence-corrected chi connectivity index (χ4v) is 1.85. The number of nitrogens with zero attached hydrogens (tertiary/aromatic N) is 1. The molecule has 4 N–H and O–H groups in total. The van der Waals surface area contributed by atoms with Crippen molar-refractivity contribution in [1.82, 2.24) is 0 Å². The summed E-state index contributed by atoms with van der Waals surface area (Å²) in [4.78, 5) is 11.2. The highest BCUT2D eigenvalue weighted by Crippen LogP contribution is 2.25. The van der Waals surface area contributed by atoms with E-state index in [4.69, 9.17) is 22.6 Å². The first-order valence-electron chi connectivity index (χ1n) is 5.76. The maximum absolute atomic E-state index is 11.2. The zero-order chi connectivity index (χ0) is 14.5. The third-order valence-corrected chi connectivity index (χ3v) is 2.89. The molecule has 102 valence electrons. The molecule has 2 rings (SSSR count). The van der Waals surface area contributed by atoms with Gasteiger partial charge in [-0.1, -0.05) is 36.4 Å². The smallest absolute Gasteiger partial charge is 0.337 e. The lowest BCUT2D eigenvalue weighted by Crippen LogP contribution is -2.22. The molecule has 0 radical (unpaired) electrons. The summed E-state index contributed by atoms with van der Waals surface area (Å²) in [5.74, 6) is -1.13. The van der Waals surface area contributed by atoms with Crippen molar-refractivity contribution in [3.05, 3.63) is 54.1 Å². The Morgan fingerprint density at radius 1 is 1.15 bits per heavy atom. The molecule has 0 aromatic heterocycles. The summed E-state index contributed by atoms with van der Waals surface area (Å²) in [5, 5.41) is 11.8. The van der Waals surface area contributed by atoms with Gasteiger partial charge in [-0.25, -0.2) is 4.79 Å². The van der Waals surface area contributed by atoms with Gasteiger partial charge in [0.05, 0.1) is 11.3 Å². The van der Waals surface area contributed by atoms with Gasteiger partial charge in [0.1, 0.15) is 0 Å². The van der Waals surface area contributed by atoms with E-state index in [-0.39, 0.29) is 11.5 Å². The maximum Gasteiger partial charge on any atom is 0.337 e. The Labute approximate surface area is 120 Å². The highest BCUT2D eigenvalue weighted by Gasteiger charge is 2.12. The van der Waals surface area contributed by atoms with Gasteiger partial charge in [-0.05, 0) is 23.3 Å². The molecule has 0 bridgehead atoms. The topological polar surface area (TPSA) is 87.7 Å². The number of halogens is 1. The summed E-state index contributed by atoms with van der Waals surface area (Å²) in [6.45, 7) is 0. The van der Waals surface area contributed by atoms with Crippen molar-refractivity contribution in [1.29, 1.82) is 0 Å². The molecule has 0 saturated heterocycles. The maximum atomic E-state index is 11.2. The van der Waals surface area contributed by atoms with Crippen LogP contribution in [0.3, 0.4) is 0 Å². The van der Waals surface area contributed by atoms with Crippen LogP contribution in [0.5, 0.6) is 0 Å². The first-order chi connectivity index (χ1) is 9.61. The largest absolute Gasteiger partial charge is 0.478 e. The zero-order valence-electron chi connectivity index (χ0n) is 10.4. The number of rotatable bonds is 3.